The van der Waals surface area contributed by atoms with Crippen molar-refractivity contribution in [1.82, 2.24) is 4.90 Å². The summed E-state index contributed by atoms with van der Waals surface area (Å²) in [6.07, 6.45) is 1.54. The Morgan fingerprint density at radius 1 is 1.38 bits per heavy atom. The topological polar surface area (TPSA) is 153 Å². The van der Waals surface area contributed by atoms with Crippen molar-refractivity contribution >= 4 is 35.2 Å². The van der Waals surface area contributed by atoms with Gasteiger partial charge in [-0.25, -0.2) is 9.37 Å². The second kappa shape index (κ2) is 6.40. The molecule has 0 spiro atoms. The number of carbonyl (C=O) groups excluding carboxylic acids is 2. The molecule has 0 unspecified atom stereocenters. The molecule has 2 amide bonds. The molecule has 0 radical (unpaired) electrons. The van der Waals surface area contributed by atoms with Crippen LogP contribution in [0.15, 0.2) is 18.2 Å². The molecule has 0 bridgehead atoms. The van der Waals surface area contributed by atoms with Crippen molar-refractivity contribution in [3.05, 3.63) is 38.4 Å². The number of carbonyl (C=O) groups is 2. The first-order valence-corrected chi connectivity index (χ1v) is 6.91. The zero-order chi connectivity index (χ0) is 18.0. The Kier molecular flexibility index (Phi) is 4.53. The lowest BCUT2D eigenvalue weighted by atomic mass is 10.2. The second-order valence-corrected chi connectivity index (χ2v) is 5.06. The Labute approximate surface area is 135 Å². The first kappa shape index (κ1) is 17.0. The number of hydrogen-bond donors (Lipinski definition) is 1. The van der Waals surface area contributed by atoms with Crippen LogP contribution in [0.25, 0.3) is 0 Å². The van der Waals surface area contributed by atoms with Crippen molar-refractivity contribution in [2.45, 2.75) is 19.4 Å². The lowest BCUT2D eigenvalue weighted by molar-refractivity contribution is -0.442. The molecule has 24 heavy (non-hydrogen) atoms. The van der Waals surface area contributed by atoms with Gasteiger partial charge in [-0.3, -0.25) is 25.0 Å². The van der Waals surface area contributed by atoms with Gasteiger partial charge < -0.3 is 5.73 Å². The van der Waals surface area contributed by atoms with Crippen LogP contribution >= 0.6 is 0 Å². The zero-order valence-electron chi connectivity index (χ0n) is 12.6. The molecular weight excluding hydrogens is 322 g/mol. The van der Waals surface area contributed by atoms with E-state index in [-0.39, 0.29) is 18.7 Å². The largest absolute Gasteiger partial charge is 0.366 e. The van der Waals surface area contributed by atoms with Crippen LogP contribution in [0.5, 0.6) is 0 Å². The fraction of sp³-hybridized carbons (Fsp3) is 0.308. The molecule has 0 saturated heterocycles. The van der Waals surface area contributed by atoms with Crippen LogP contribution in [0.3, 0.4) is 0 Å². The van der Waals surface area contributed by atoms with Crippen LogP contribution in [0.2, 0.25) is 0 Å². The van der Waals surface area contributed by atoms with Crippen LogP contribution in [-0.2, 0) is 9.59 Å². The number of benzene rings is 1. The van der Waals surface area contributed by atoms with Crippen LogP contribution in [-0.4, -0.2) is 50.1 Å². The van der Waals surface area contributed by atoms with E-state index in [9.17, 15) is 29.8 Å². The summed E-state index contributed by atoms with van der Waals surface area (Å²) in [5, 5.41) is 21.9. The SMILES string of the molecule is CC[C@@H](C(N)=O)N1C=[N+](c2ccc([N+](=O)[O-])cc2[N+](=O)[O-])CC1=O. The molecule has 1 aliphatic rings. The number of amides is 2. The predicted octanol–water partition coefficient (Wildman–Crippen LogP) is 0.281. The smallest absolute Gasteiger partial charge is 0.351 e. The monoisotopic (exact) mass is 336 g/mol. The molecule has 1 aliphatic heterocycles. The molecule has 126 valence electrons. The summed E-state index contributed by atoms with van der Waals surface area (Å²) < 4.78 is 1.26. The predicted molar refractivity (Wildman–Crippen MR) is 80.7 cm³/mol. The van der Waals surface area contributed by atoms with E-state index in [1.165, 1.54) is 17.0 Å². The third-order valence-corrected chi connectivity index (χ3v) is 3.58. The van der Waals surface area contributed by atoms with Gasteiger partial charge in [0.05, 0.1) is 15.9 Å². The van der Waals surface area contributed by atoms with Gasteiger partial charge in [-0.1, -0.05) is 6.92 Å². The van der Waals surface area contributed by atoms with Crippen molar-refractivity contribution in [3.8, 4) is 0 Å². The number of rotatable bonds is 6. The molecule has 0 aliphatic carbocycles. The normalized spacial score (nSPS) is 15.1. The van der Waals surface area contributed by atoms with Gasteiger partial charge in [-0.05, 0) is 12.5 Å². The molecule has 1 atom stereocenters. The van der Waals surface area contributed by atoms with Crippen molar-refractivity contribution < 1.29 is 24.0 Å². The number of nitro groups is 2. The maximum atomic E-state index is 12.1. The van der Waals surface area contributed by atoms with Crippen molar-refractivity contribution in [2.75, 3.05) is 6.54 Å². The quantitative estimate of drug-likeness (QED) is 0.447. The summed E-state index contributed by atoms with van der Waals surface area (Å²) in [5.74, 6) is -1.14. The third-order valence-electron chi connectivity index (χ3n) is 3.58. The molecule has 2 rings (SSSR count). The molecule has 1 heterocycles. The van der Waals surface area contributed by atoms with Gasteiger partial charge in [-0.15, -0.1) is 0 Å². The first-order valence-electron chi connectivity index (χ1n) is 6.91. The molecule has 11 nitrogen and oxygen atoms in total. The summed E-state index contributed by atoms with van der Waals surface area (Å²) in [6.45, 7) is 1.44. The Bertz CT molecular complexity index is 774. The second-order valence-electron chi connectivity index (χ2n) is 5.06. The van der Waals surface area contributed by atoms with E-state index in [1.54, 1.807) is 6.92 Å². The molecule has 2 N–H and O–H groups in total. The van der Waals surface area contributed by atoms with E-state index in [0.717, 1.165) is 17.0 Å². The maximum Gasteiger partial charge on any atom is 0.351 e. The lowest BCUT2D eigenvalue weighted by Crippen LogP contribution is -2.45. The zero-order valence-corrected chi connectivity index (χ0v) is 12.6. The van der Waals surface area contributed by atoms with Crippen molar-refractivity contribution in [2.24, 2.45) is 5.73 Å². The molecule has 11 heteroatoms. The van der Waals surface area contributed by atoms with E-state index in [1.807, 2.05) is 0 Å². The number of non-ortho nitro benzene ring substituents is 1. The van der Waals surface area contributed by atoms with E-state index in [0.29, 0.717) is 0 Å². The average Bonchev–Trinajstić information content (AvgIpc) is 2.88. The van der Waals surface area contributed by atoms with E-state index in [4.69, 9.17) is 5.73 Å². The van der Waals surface area contributed by atoms with Crippen LogP contribution in [0.1, 0.15) is 13.3 Å². The van der Waals surface area contributed by atoms with Gasteiger partial charge in [0.15, 0.2) is 12.6 Å². The van der Waals surface area contributed by atoms with E-state index < -0.39 is 39.1 Å². The minimum atomic E-state index is -0.861. The summed E-state index contributed by atoms with van der Waals surface area (Å²) in [5.41, 5.74) is 4.32. The van der Waals surface area contributed by atoms with Crippen LogP contribution in [0, 0.1) is 20.2 Å². The molecule has 1 aromatic rings. The number of hydrogen-bond acceptors (Lipinski definition) is 6. The van der Waals surface area contributed by atoms with Gasteiger partial charge in [-0.2, -0.15) is 4.90 Å². The summed E-state index contributed by atoms with van der Waals surface area (Å²) >= 11 is 0. The lowest BCUT2D eigenvalue weighted by Gasteiger charge is -2.13. The van der Waals surface area contributed by atoms with Crippen LogP contribution < -0.4 is 5.73 Å². The standard InChI is InChI=1S/C13H13N5O6/c1-2-9(13(14)20)16-7-15(6-12(16)19)10-4-3-8(17(21)22)5-11(10)18(23)24/h3-5,7,9H,2,6H2,1H3,(H-,14,20)/p+1/t9-/m0/s1. The molecule has 0 aromatic heterocycles. The van der Waals surface area contributed by atoms with Gasteiger partial charge >= 0.3 is 11.6 Å². The highest BCUT2D eigenvalue weighted by atomic mass is 16.6. The average molecular weight is 336 g/mol. The summed E-state index contributed by atoms with van der Waals surface area (Å²) in [6, 6.07) is 2.25. The Hall–Kier alpha value is -3.37. The Morgan fingerprint density at radius 3 is 2.54 bits per heavy atom. The number of nitrogens with two attached hydrogens (primary N) is 1. The van der Waals surface area contributed by atoms with Crippen LogP contribution in [0.4, 0.5) is 17.1 Å². The minimum Gasteiger partial charge on any atom is -0.366 e. The third kappa shape index (κ3) is 3.04. The maximum absolute atomic E-state index is 12.1. The highest BCUT2D eigenvalue weighted by Gasteiger charge is 2.40. The first-order chi connectivity index (χ1) is 11.3. The van der Waals surface area contributed by atoms with E-state index >= 15 is 0 Å². The summed E-state index contributed by atoms with van der Waals surface area (Å²) in [7, 11) is 0. The Morgan fingerprint density at radius 2 is 2.04 bits per heavy atom. The highest BCUT2D eigenvalue weighted by Crippen LogP contribution is 2.32. The van der Waals surface area contributed by atoms with Gasteiger partial charge in [0.2, 0.25) is 12.0 Å². The van der Waals surface area contributed by atoms with Gasteiger partial charge in [0, 0.05) is 6.07 Å². The van der Waals surface area contributed by atoms with Gasteiger partial charge in [0.25, 0.3) is 11.6 Å². The van der Waals surface area contributed by atoms with Crippen molar-refractivity contribution in [3.63, 3.8) is 0 Å². The molecule has 0 saturated carbocycles. The fourth-order valence-electron chi connectivity index (χ4n) is 2.43. The number of nitro benzene ring substituents is 2. The molecule has 1 aromatic carbocycles. The highest BCUT2D eigenvalue weighted by molar-refractivity contribution is 5.96. The van der Waals surface area contributed by atoms with E-state index in [2.05, 4.69) is 0 Å². The molecule has 0 fully saturated rings. The summed E-state index contributed by atoms with van der Waals surface area (Å²) in [4.78, 5) is 45.0. The fourth-order valence-corrected chi connectivity index (χ4v) is 2.43. The number of nitrogens with zero attached hydrogens (tertiary/aromatic N) is 4. The Balaban J connectivity index is 2.48. The van der Waals surface area contributed by atoms with Gasteiger partial charge in [0.1, 0.15) is 0 Å². The minimum absolute atomic E-state index is 0.0146. The molecular formula is C13H14N5O6+. The van der Waals surface area contributed by atoms with Crippen molar-refractivity contribution in [1.29, 1.82) is 0 Å². The number of primary amides is 1.